The second kappa shape index (κ2) is 8.90. The maximum Gasteiger partial charge on any atom is 0.417 e. The summed E-state index contributed by atoms with van der Waals surface area (Å²) >= 11 is 3.53. The van der Waals surface area contributed by atoms with E-state index in [1.807, 2.05) is 0 Å². The van der Waals surface area contributed by atoms with Crippen molar-refractivity contribution in [2.75, 3.05) is 11.0 Å². The molecule has 1 aromatic heterocycles. The number of nitrogens with one attached hydrogen (secondary N) is 1. The lowest BCUT2D eigenvalue weighted by molar-refractivity contribution is -0.138. The van der Waals surface area contributed by atoms with Crippen molar-refractivity contribution in [3.63, 3.8) is 0 Å². The largest absolute Gasteiger partial charge is 0.481 e. The first-order valence-corrected chi connectivity index (χ1v) is 9.27. The normalized spacial score (nSPS) is 11.3. The number of carboxylic acids is 1. The molecule has 0 saturated heterocycles. The average Bonchev–Trinajstić information content (AvgIpc) is 2.55. The first-order valence-electron chi connectivity index (χ1n) is 6.89. The second-order valence-corrected chi connectivity index (χ2v) is 6.39. The first-order chi connectivity index (χ1) is 12.1. The van der Waals surface area contributed by atoms with E-state index in [1.165, 1.54) is 24.3 Å². The molecule has 11 heteroatoms. The summed E-state index contributed by atoms with van der Waals surface area (Å²) in [5.41, 5.74) is -0.622. The lowest BCUT2D eigenvalue weighted by Gasteiger charge is -2.10. The van der Waals surface area contributed by atoms with Crippen LogP contribution in [0.4, 0.5) is 18.9 Å². The standard InChI is InChI=1S/C14H11F3N2O4S.CH4S/c15-14(16,17)10-4-5-12(18-8-10)24(22,23)19-11-3-1-2-9(6-11)7-13(20)21;1-2/h1-6,8,19H,7H2,(H,20,21);2H,1H3. The highest BCUT2D eigenvalue weighted by Gasteiger charge is 2.31. The van der Waals surface area contributed by atoms with Gasteiger partial charge in [0.25, 0.3) is 10.0 Å². The van der Waals surface area contributed by atoms with Crippen LogP contribution in [0, 0.1) is 0 Å². The summed E-state index contributed by atoms with van der Waals surface area (Å²) in [6.45, 7) is 0. The van der Waals surface area contributed by atoms with Crippen molar-refractivity contribution in [2.24, 2.45) is 0 Å². The van der Waals surface area contributed by atoms with E-state index in [0.717, 1.165) is 6.07 Å². The summed E-state index contributed by atoms with van der Waals surface area (Å²) in [5, 5.41) is 8.14. The van der Waals surface area contributed by atoms with E-state index in [9.17, 15) is 26.4 Å². The molecule has 0 saturated carbocycles. The van der Waals surface area contributed by atoms with Gasteiger partial charge in [0.2, 0.25) is 0 Å². The molecule has 0 aliphatic carbocycles. The Hall–Kier alpha value is -2.27. The van der Waals surface area contributed by atoms with Crippen LogP contribution in [0.15, 0.2) is 47.6 Å². The minimum absolute atomic E-state index is 0.0791. The van der Waals surface area contributed by atoms with Gasteiger partial charge in [-0.25, -0.2) is 4.98 Å². The van der Waals surface area contributed by atoms with Crippen LogP contribution in [-0.4, -0.2) is 30.7 Å². The average molecular weight is 408 g/mol. The number of benzene rings is 1. The van der Waals surface area contributed by atoms with Crippen molar-refractivity contribution in [1.82, 2.24) is 4.98 Å². The summed E-state index contributed by atoms with van der Waals surface area (Å²) in [7, 11) is -4.20. The third kappa shape index (κ3) is 6.23. The monoisotopic (exact) mass is 408 g/mol. The third-order valence-electron chi connectivity index (χ3n) is 2.87. The quantitative estimate of drug-likeness (QED) is 0.661. The zero-order chi connectivity index (χ0) is 20.0. The highest BCUT2D eigenvalue weighted by Crippen LogP contribution is 2.29. The molecule has 2 N–H and O–H groups in total. The molecule has 0 radical (unpaired) electrons. The van der Waals surface area contributed by atoms with E-state index in [2.05, 4.69) is 22.3 Å². The van der Waals surface area contributed by atoms with Gasteiger partial charge < -0.3 is 5.11 Å². The van der Waals surface area contributed by atoms with Crippen LogP contribution in [-0.2, 0) is 27.4 Å². The number of aliphatic carboxylic acids is 1. The van der Waals surface area contributed by atoms with E-state index >= 15 is 0 Å². The van der Waals surface area contributed by atoms with Gasteiger partial charge in [0.1, 0.15) is 0 Å². The van der Waals surface area contributed by atoms with Crippen molar-refractivity contribution in [1.29, 1.82) is 0 Å². The van der Waals surface area contributed by atoms with E-state index in [-0.39, 0.29) is 12.1 Å². The van der Waals surface area contributed by atoms with Crippen molar-refractivity contribution < 1.29 is 31.5 Å². The van der Waals surface area contributed by atoms with Crippen LogP contribution in [0.2, 0.25) is 0 Å². The molecule has 1 heterocycles. The number of hydrogen-bond donors (Lipinski definition) is 3. The van der Waals surface area contributed by atoms with Gasteiger partial charge in [0.05, 0.1) is 12.0 Å². The molecular formula is C15H15F3N2O4S2. The Kier molecular flexibility index (Phi) is 7.45. The molecule has 0 atom stereocenters. The number of halogens is 3. The number of alkyl halides is 3. The van der Waals surface area contributed by atoms with Gasteiger partial charge in [0, 0.05) is 11.9 Å². The number of thiol groups is 1. The third-order valence-corrected chi connectivity index (χ3v) is 4.17. The molecule has 6 nitrogen and oxygen atoms in total. The summed E-state index contributed by atoms with van der Waals surface area (Å²) < 4.78 is 63.8. The zero-order valence-corrected chi connectivity index (χ0v) is 15.1. The van der Waals surface area contributed by atoms with Crippen molar-refractivity contribution in [2.45, 2.75) is 17.6 Å². The first kappa shape index (κ1) is 21.8. The fraction of sp³-hybridized carbons (Fsp3) is 0.200. The van der Waals surface area contributed by atoms with Crippen LogP contribution < -0.4 is 4.72 Å². The highest BCUT2D eigenvalue weighted by molar-refractivity contribution is 7.92. The summed E-state index contributed by atoms with van der Waals surface area (Å²) in [5.74, 6) is -1.08. The molecule has 0 amide bonds. The van der Waals surface area contributed by atoms with Gasteiger partial charge in [-0.15, -0.1) is 0 Å². The molecule has 142 valence electrons. The fourth-order valence-electron chi connectivity index (χ4n) is 1.83. The molecule has 0 aliphatic rings. The van der Waals surface area contributed by atoms with E-state index in [1.54, 1.807) is 6.26 Å². The van der Waals surface area contributed by atoms with Crippen LogP contribution in [0.1, 0.15) is 11.1 Å². The summed E-state index contributed by atoms with van der Waals surface area (Å²) in [6.07, 6.45) is -2.79. The molecule has 1 aromatic carbocycles. The van der Waals surface area contributed by atoms with Crippen LogP contribution >= 0.6 is 12.6 Å². The van der Waals surface area contributed by atoms with Crippen LogP contribution in [0.3, 0.4) is 0 Å². The number of sulfonamides is 1. The number of carboxylic acid groups (broad SMARTS) is 1. The molecule has 0 aliphatic heterocycles. The number of carbonyl (C=O) groups is 1. The lowest BCUT2D eigenvalue weighted by atomic mass is 10.1. The minimum Gasteiger partial charge on any atom is -0.481 e. The minimum atomic E-state index is -4.62. The Labute approximate surface area is 153 Å². The number of nitrogens with zero attached hydrogens (tertiary/aromatic N) is 1. The lowest BCUT2D eigenvalue weighted by Crippen LogP contribution is -2.15. The van der Waals surface area contributed by atoms with Gasteiger partial charge in [-0.05, 0) is 36.1 Å². The summed E-state index contributed by atoms with van der Waals surface area (Å²) in [4.78, 5) is 14.0. The summed E-state index contributed by atoms with van der Waals surface area (Å²) in [6, 6.07) is 7.01. The molecule has 2 aromatic rings. The molecule has 2 rings (SSSR count). The maximum absolute atomic E-state index is 12.5. The second-order valence-electron chi connectivity index (χ2n) is 4.76. The molecule has 26 heavy (non-hydrogen) atoms. The van der Waals surface area contributed by atoms with Crippen molar-refractivity contribution in [3.05, 3.63) is 53.7 Å². The van der Waals surface area contributed by atoms with E-state index in [0.29, 0.717) is 17.8 Å². The predicted octanol–water partition coefficient (Wildman–Crippen LogP) is 3.07. The van der Waals surface area contributed by atoms with Crippen LogP contribution in [0.25, 0.3) is 0 Å². The van der Waals surface area contributed by atoms with Gasteiger partial charge >= 0.3 is 12.1 Å². The Balaban J connectivity index is 0.00000163. The predicted molar refractivity (Wildman–Crippen MR) is 92.7 cm³/mol. The van der Waals surface area contributed by atoms with Crippen LogP contribution in [0.5, 0.6) is 0 Å². The zero-order valence-electron chi connectivity index (χ0n) is 13.4. The molecule has 0 spiro atoms. The fourth-order valence-corrected chi connectivity index (χ4v) is 2.81. The van der Waals surface area contributed by atoms with Crippen molar-refractivity contribution in [3.8, 4) is 0 Å². The number of anilines is 1. The van der Waals surface area contributed by atoms with E-state index in [4.69, 9.17) is 5.11 Å². The number of pyridine rings is 1. The smallest absolute Gasteiger partial charge is 0.417 e. The van der Waals surface area contributed by atoms with Gasteiger partial charge in [-0.2, -0.15) is 34.2 Å². The molecule has 0 bridgehead atoms. The van der Waals surface area contributed by atoms with E-state index < -0.39 is 32.8 Å². The maximum atomic E-state index is 12.5. The number of hydrogen-bond acceptors (Lipinski definition) is 5. The topological polar surface area (TPSA) is 96.4 Å². The van der Waals surface area contributed by atoms with Gasteiger partial charge in [-0.3, -0.25) is 9.52 Å². The molecule has 0 unspecified atom stereocenters. The van der Waals surface area contributed by atoms with Gasteiger partial charge in [0.15, 0.2) is 5.03 Å². The van der Waals surface area contributed by atoms with Gasteiger partial charge in [-0.1, -0.05) is 12.1 Å². The Bertz CT molecular complexity index is 854. The highest BCUT2D eigenvalue weighted by atomic mass is 32.2. The molecular weight excluding hydrogens is 393 g/mol. The number of rotatable bonds is 5. The Morgan fingerprint density at radius 2 is 1.88 bits per heavy atom. The SMILES string of the molecule is CS.O=C(O)Cc1cccc(NS(=O)(=O)c2ccc(C(F)(F)F)cn2)c1. The number of aromatic nitrogens is 1. The van der Waals surface area contributed by atoms with Crippen molar-refractivity contribution >= 4 is 34.3 Å². The Morgan fingerprint density at radius 3 is 2.38 bits per heavy atom. The Morgan fingerprint density at radius 1 is 1.23 bits per heavy atom. The molecule has 0 fully saturated rings.